The summed E-state index contributed by atoms with van der Waals surface area (Å²) in [5.74, 6) is 1.06. The molecule has 1 unspecified atom stereocenters. The monoisotopic (exact) mass is 258 g/mol. The molecule has 0 aromatic carbocycles. The van der Waals surface area contributed by atoms with Crippen LogP contribution >= 0.6 is 15.9 Å². The lowest BCUT2D eigenvalue weighted by atomic mass is 10.4. The molecule has 0 fully saturated rings. The van der Waals surface area contributed by atoms with E-state index in [9.17, 15) is 4.79 Å². The molecule has 1 N–H and O–H groups in total. The molecule has 1 atom stereocenters. The van der Waals surface area contributed by atoms with Crippen LogP contribution in [0.15, 0.2) is 18.3 Å². The lowest BCUT2D eigenvalue weighted by Crippen LogP contribution is -2.20. The van der Waals surface area contributed by atoms with Crippen LogP contribution in [0.2, 0.25) is 0 Å². The summed E-state index contributed by atoms with van der Waals surface area (Å²) in [6, 6.07) is 3.42. The van der Waals surface area contributed by atoms with Gasteiger partial charge in [0.15, 0.2) is 0 Å². The maximum absolute atomic E-state index is 11.2. The predicted molar refractivity (Wildman–Crippen MR) is 57.8 cm³/mol. The molecule has 0 aliphatic rings. The van der Waals surface area contributed by atoms with Crippen LogP contribution in [0.5, 0.6) is 5.75 Å². The molecular weight excluding hydrogens is 248 g/mol. The van der Waals surface area contributed by atoms with Gasteiger partial charge in [-0.3, -0.25) is 4.79 Å². The summed E-state index contributed by atoms with van der Waals surface area (Å²) >= 11 is 3.16. The first-order chi connectivity index (χ1) is 6.63. The second-order valence-corrected chi connectivity index (χ2v) is 4.06. The minimum absolute atomic E-state index is 0.123. The van der Waals surface area contributed by atoms with Gasteiger partial charge in [0.05, 0.1) is 18.1 Å². The summed E-state index contributed by atoms with van der Waals surface area (Å²) in [5, 5.41) is 2.64. The Kier molecular flexibility index (Phi) is 3.88. The van der Waals surface area contributed by atoms with E-state index in [2.05, 4.69) is 26.2 Å². The summed E-state index contributed by atoms with van der Waals surface area (Å²) in [6.45, 7) is 1.75. The van der Waals surface area contributed by atoms with E-state index in [0.717, 1.165) is 0 Å². The number of hydrogen-bond donors (Lipinski definition) is 1. The molecule has 0 bridgehead atoms. The van der Waals surface area contributed by atoms with Crippen LogP contribution in [0, 0.1) is 0 Å². The highest BCUT2D eigenvalue weighted by Crippen LogP contribution is 2.12. The molecule has 0 aliphatic heterocycles. The number of anilines is 1. The van der Waals surface area contributed by atoms with Crippen molar-refractivity contribution in [2.75, 3.05) is 12.4 Å². The molecule has 4 nitrogen and oxygen atoms in total. The average Bonchev–Trinajstić information content (AvgIpc) is 2.19. The third-order valence-electron chi connectivity index (χ3n) is 1.58. The largest absolute Gasteiger partial charge is 0.495 e. The Hall–Kier alpha value is -1.10. The second-order valence-electron chi connectivity index (χ2n) is 2.69. The van der Waals surface area contributed by atoms with Crippen LogP contribution in [-0.2, 0) is 4.79 Å². The van der Waals surface area contributed by atoms with Crippen LogP contribution in [0.1, 0.15) is 6.92 Å². The summed E-state index contributed by atoms with van der Waals surface area (Å²) in [7, 11) is 1.57. The number of nitrogens with zero attached hydrogens (tertiary/aromatic N) is 1. The van der Waals surface area contributed by atoms with Gasteiger partial charge in [-0.1, -0.05) is 15.9 Å². The zero-order valence-corrected chi connectivity index (χ0v) is 9.54. The molecule has 1 heterocycles. The molecule has 0 aliphatic carbocycles. The van der Waals surface area contributed by atoms with Crippen molar-refractivity contribution in [2.45, 2.75) is 11.8 Å². The van der Waals surface area contributed by atoms with Crippen molar-refractivity contribution >= 4 is 27.7 Å². The molecule has 76 valence electrons. The number of rotatable bonds is 3. The number of aromatic nitrogens is 1. The molecule has 1 rings (SSSR count). The minimum Gasteiger partial charge on any atom is -0.495 e. The number of pyridine rings is 1. The van der Waals surface area contributed by atoms with E-state index in [0.29, 0.717) is 11.6 Å². The van der Waals surface area contributed by atoms with E-state index in [1.54, 1.807) is 32.4 Å². The van der Waals surface area contributed by atoms with Gasteiger partial charge in [-0.2, -0.15) is 0 Å². The fourth-order valence-electron chi connectivity index (χ4n) is 0.801. The Bertz CT molecular complexity index is 311. The maximum Gasteiger partial charge on any atom is 0.239 e. The third kappa shape index (κ3) is 2.99. The Labute approximate surface area is 90.8 Å². The molecular formula is C9H11BrN2O2. The van der Waals surface area contributed by atoms with Gasteiger partial charge >= 0.3 is 0 Å². The first-order valence-electron chi connectivity index (χ1n) is 4.08. The molecule has 14 heavy (non-hydrogen) atoms. The smallest absolute Gasteiger partial charge is 0.239 e. The summed E-state index contributed by atoms with van der Waals surface area (Å²) in [6.07, 6.45) is 1.55. The van der Waals surface area contributed by atoms with Crippen molar-refractivity contribution in [3.8, 4) is 5.75 Å². The Morgan fingerprint density at radius 2 is 2.36 bits per heavy atom. The van der Waals surface area contributed by atoms with E-state index < -0.39 is 0 Å². The van der Waals surface area contributed by atoms with Crippen LogP contribution in [0.25, 0.3) is 0 Å². The lowest BCUT2D eigenvalue weighted by molar-refractivity contribution is -0.115. The molecule has 1 amide bonds. The number of carbonyl (C=O) groups excluding carboxylic acids is 1. The van der Waals surface area contributed by atoms with Crippen LogP contribution < -0.4 is 10.1 Å². The van der Waals surface area contributed by atoms with Crippen molar-refractivity contribution in [2.24, 2.45) is 0 Å². The molecule has 1 aromatic rings. The molecule has 0 spiro atoms. The Morgan fingerprint density at radius 3 is 2.79 bits per heavy atom. The van der Waals surface area contributed by atoms with Gasteiger partial charge in [-0.25, -0.2) is 4.98 Å². The number of halogens is 1. The van der Waals surface area contributed by atoms with Crippen molar-refractivity contribution < 1.29 is 9.53 Å². The SMILES string of the molecule is COc1ccc(NC(=O)C(C)Br)nc1. The van der Waals surface area contributed by atoms with Gasteiger partial charge in [-0.05, 0) is 19.1 Å². The van der Waals surface area contributed by atoms with Crippen LogP contribution in [-0.4, -0.2) is 22.8 Å². The van der Waals surface area contributed by atoms with E-state index in [-0.39, 0.29) is 10.7 Å². The van der Waals surface area contributed by atoms with Gasteiger partial charge in [0, 0.05) is 0 Å². The van der Waals surface area contributed by atoms with Gasteiger partial charge in [0.2, 0.25) is 5.91 Å². The van der Waals surface area contributed by atoms with Gasteiger partial charge in [0.1, 0.15) is 11.6 Å². The highest BCUT2D eigenvalue weighted by atomic mass is 79.9. The van der Waals surface area contributed by atoms with Crippen molar-refractivity contribution in [3.05, 3.63) is 18.3 Å². The van der Waals surface area contributed by atoms with Crippen molar-refractivity contribution in [1.82, 2.24) is 4.98 Å². The highest BCUT2D eigenvalue weighted by Gasteiger charge is 2.08. The fraction of sp³-hybridized carbons (Fsp3) is 0.333. The third-order valence-corrected chi connectivity index (χ3v) is 2.00. The first kappa shape index (κ1) is 11.0. The van der Waals surface area contributed by atoms with E-state index in [4.69, 9.17) is 4.74 Å². The van der Waals surface area contributed by atoms with Gasteiger partial charge < -0.3 is 10.1 Å². The highest BCUT2D eigenvalue weighted by molar-refractivity contribution is 9.10. The van der Waals surface area contributed by atoms with Gasteiger partial charge in [-0.15, -0.1) is 0 Å². The van der Waals surface area contributed by atoms with E-state index in [1.807, 2.05) is 0 Å². The lowest BCUT2D eigenvalue weighted by Gasteiger charge is -2.05. The number of nitrogens with one attached hydrogen (secondary N) is 1. The standard InChI is InChI=1S/C9H11BrN2O2/c1-6(10)9(13)12-8-4-3-7(14-2)5-11-8/h3-6H,1-2H3,(H,11,12,13). The number of amides is 1. The number of carbonyl (C=O) groups is 1. The number of ether oxygens (including phenoxy) is 1. The quantitative estimate of drug-likeness (QED) is 0.842. The first-order valence-corrected chi connectivity index (χ1v) is 5.00. The molecule has 0 saturated heterocycles. The molecule has 5 heteroatoms. The summed E-state index contributed by atoms with van der Waals surface area (Å²) in [4.78, 5) is 15.0. The van der Waals surface area contributed by atoms with Gasteiger partial charge in [0.25, 0.3) is 0 Å². The normalized spacial score (nSPS) is 11.9. The van der Waals surface area contributed by atoms with Crippen molar-refractivity contribution in [3.63, 3.8) is 0 Å². The molecule has 0 saturated carbocycles. The zero-order valence-electron chi connectivity index (χ0n) is 7.95. The minimum atomic E-state index is -0.230. The zero-order chi connectivity index (χ0) is 10.6. The molecule has 0 radical (unpaired) electrons. The van der Waals surface area contributed by atoms with E-state index in [1.165, 1.54) is 0 Å². The number of alkyl halides is 1. The number of methoxy groups -OCH3 is 1. The Balaban J connectivity index is 2.64. The number of hydrogen-bond acceptors (Lipinski definition) is 3. The Morgan fingerprint density at radius 1 is 1.64 bits per heavy atom. The van der Waals surface area contributed by atoms with Crippen molar-refractivity contribution in [1.29, 1.82) is 0 Å². The van der Waals surface area contributed by atoms with Crippen LogP contribution in [0.4, 0.5) is 5.82 Å². The maximum atomic E-state index is 11.2. The summed E-state index contributed by atoms with van der Waals surface area (Å²) in [5.41, 5.74) is 0. The summed E-state index contributed by atoms with van der Waals surface area (Å²) < 4.78 is 4.94. The average molecular weight is 259 g/mol. The fourth-order valence-corrected chi connectivity index (χ4v) is 0.915. The topological polar surface area (TPSA) is 51.2 Å². The van der Waals surface area contributed by atoms with E-state index >= 15 is 0 Å². The predicted octanol–water partition coefficient (Wildman–Crippen LogP) is 1.81. The van der Waals surface area contributed by atoms with Crippen LogP contribution in [0.3, 0.4) is 0 Å². The second kappa shape index (κ2) is 4.95. The molecule has 1 aromatic heterocycles.